The van der Waals surface area contributed by atoms with E-state index in [-0.39, 0.29) is 57.0 Å². The summed E-state index contributed by atoms with van der Waals surface area (Å²) in [6.07, 6.45) is 2.77. The fourth-order valence-corrected chi connectivity index (χ4v) is 12.8. The predicted molar refractivity (Wildman–Crippen MR) is 253 cm³/mol. The molecule has 6 rings (SSSR count). The summed E-state index contributed by atoms with van der Waals surface area (Å²) in [5.41, 5.74) is -3.90. The summed E-state index contributed by atoms with van der Waals surface area (Å²) >= 11 is 0. The molecule has 0 bridgehead atoms. The Morgan fingerprint density at radius 2 is 1.00 bits per heavy atom. The third kappa shape index (κ3) is 8.43. The smallest absolute Gasteiger partial charge is 0.325 e. The first-order valence-corrected chi connectivity index (χ1v) is 24.4. The number of urea groups is 2. The number of imide groups is 2. The van der Waals surface area contributed by atoms with Crippen molar-refractivity contribution in [1.29, 1.82) is 0 Å². The van der Waals surface area contributed by atoms with Crippen LogP contribution in [0.3, 0.4) is 0 Å². The monoisotopic (exact) mass is 913 g/mol. The van der Waals surface area contributed by atoms with Crippen LogP contribution in [0.5, 0.6) is 0 Å². The maximum atomic E-state index is 15.0. The molecule has 6 amide bonds. The molecule has 4 N–H and O–H groups in total. The number of carboxylic acid groups (broad SMARTS) is 2. The molecule has 4 saturated heterocycles. The SMILES string of the molecule is CCC1(C)CC2(NC(=O)N(CCC(CCCC(=O)O)(CCN3C(=O)NC4(CC(C)(CC)N(Cc5ccccc5)C(C)(CC)C4C)C3=O)C(=O)O)C2=O)C(C)C(C)(CC)N1Cc1ccccc1. The van der Waals surface area contributed by atoms with Gasteiger partial charge < -0.3 is 20.8 Å². The maximum Gasteiger partial charge on any atom is 0.325 e. The molecule has 2 aromatic rings. The lowest BCUT2D eigenvalue weighted by atomic mass is 9.59. The van der Waals surface area contributed by atoms with E-state index in [0.29, 0.717) is 51.6 Å². The number of carbonyl (C=O) groups excluding carboxylic acids is 4. The summed E-state index contributed by atoms with van der Waals surface area (Å²) in [7, 11) is 0. The van der Waals surface area contributed by atoms with Gasteiger partial charge in [0.25, 0.3) is 11.8 Å². The molecule has 2 spiro atoms. The van der Waals surface area contributed by atoms with E-state index in [4.69, 9.17) is 0 Å². The zero-order valence-electron chi connectivity index (χ0n) is 41.2. The average molecular weight is 913 g/mol. The van der Waals surface area contributed by atoms with E-state index in [9.17, 15) is 39.0 Å². The van der Waals surface area contributed by atoms with Gasteiger partial charge in [0.2, 0.25) is 0 Å². The largest absolute Gasteiger partial charge is 0.481 e. The van der Waals surface area contributed by atoms with Gasteiger partial charge in [0.15, 0.2) is 0 Å². The van der Waals surface area contributed by atoms with Crippen molar-refractivity contribution in [2.45, 2.75) is 186 Å². The fraction of sp³-hybridized carbons (Fsp3) is 0.654. The number of rotatable bonds is 19. The van der Waals surface area contributed by atoms with Crippen LogP contribution in [-0.4, -0.2) is 112 Å². The number of carboxylic acids is 2. The number of nitrogens with zero attached hydrogens (tertiary/aromatic N) is 4. The number of aliphatic carboxylic acids is 2. The summed E-state index contributed by atoms with van der Waals surface area (Å²) in [6.45, 7) is 21.9. The Morgan fingerprint density at radius 1 is 0.621 bits per heavy atom. The normalized spacial score (nSPS) is 33.7. The van der Waals surface area contributed by atoms with Gasteiger partial charge in [-0.25, -0.2) is 9.59 Å². The third-order valence-corrected chi connectivity index (χ3v) is 18.1. The number of piperidine rings is 2. The molecule has 4 fully saturated rings. The second kappa shape index (κ2) is 18.7. The van der Waals surface area contributed by atoms with E-state index in [2.05, 4.69) is 100 Å². The number of benzene rings is 2. The molecule has 4 heterocycles. The van der Waals surface area contributed by atoms with Gasteiger partial charge in [-0.2, -0.15) is 0 Å². The van der Waals surface area contributed by atoms with Crippen molar-refractivity contribution in [1.82, 2.24) is 30.2 Å². The van der Waals surface area contributed by atoms with Crippen molar-refractivity contribution in [2.75, 3.05) is 13.1 Å². The van der Waals surface area contributed by atoms with Gasteiger partial charge in [-0.3, -0.25) is 38.8 Å². The standard InChI is InChI=1S/C52H76N6O8/c1-11-46(7)34-51(36(5)48(9,13-3)57(46)32-38-22-17-15-18-23-38)41(61)55(44(65)53-51)30-28-50(43(63)64,27-21-26-40(59)60)29-31-56-42(62)52(54-45(56)66)35-47(8,12-2)58(49(10,14-4)37(52)6)33-39-24-19-16-20-25-39/h15-20,22-25,36-37H,11-14,21,26-35H2,1-10H3,(H,53,65)(H,54,66)(H,59,60)(H,63,64). The second-order valence-corrected chi connectivity index (χ2v) is 21.1. The van der Waals surface area contributed by atoms with Crippen LogP contribution in [0, 0.1) is 17.3 Å². The Kier molecular flexibility index (Phi) is 14.3. The van der Waals surface area contributed by atoms with Crippen molar-refractivity contribution < 1.29 is 39.0 Å². The van der Waals surface area contributed by atoms with E-state index in [0.717, 1.165) is 20.9 Å². The summed E-state index contributed by atoms with van der Waals surface area (Å²) in [4.78, 5) is 90.9. The van der Waals surface area contributed by atoms with Crippen LogP contribution >= 0.6 is 0 Å². The van der Waals surface area contributed by atoms with Crippen LogP contribution in [0.4, 0.5) is 9.59 Å². The Hall–Kier alpha value is -4.82. The maximum absolute atomic E-state index is 15.0. The zero-order chi connectivity index (χ0) is 48.7. The van der Waals surface area contributed by atoms with E-state index in [1.165, 1.54) is 0 Å². The Balaban J connectivity index is 1.26. The first-order chi connectivity index (χ1) is 31.0. The van der Waals surface area contributed by atoms with Gasteiger partial charge >= 0.3 is 24.0 Å². The molecule has 362 valence electrons. The van der Waals surface area contributed by atoms with Gasteiger partial charge in [0.1, 0.15) is 11.1 Å². The highest BCUT2D eigenvalue weighted by Crippen LogP contribution is 2.55. The Morgan fingerprint density at radius 3 is 1.32 bits per heavy atom. The second-order valence-electron chi connectivity index (χ2n) is 21.1. The first kappa shape index (κ1) is 50.6. The molecular weight excluding hydrogens is 837 g/mol. The van der Waals surface area contributed by atoms with Crippen LogP contribution in [0.1, 0.15) is 151 Å². The lowest BCUT2D eigenvalue weighted by Gasteiger charge is -2.63. The topological polar surface area (TPSA) is 180 Å². The fourth-order valence-electron chi connectivity index (χ4n) is 12.8. The molecule has 0 radical (unpaired) electrons. The molecule has 4 aliphatic rings. The van der Waals surface area contributed by atoms with E-state index >= 15 is 0 Å². The number of hydrogen-bond acceptors (Lipinski definition) is 8. The van der Waals surface area contributed by atoms with Gasteiger partial charge in [-0.05, 0) is 103 Å². The molecular formula is C52H76N6O8. The predicted octanol–water partition coefficient (Wildman–Crippen LogP) is 8.43. The molecule has 0 aliphatic carbocycles. The van der Waals surface area contributed by atoms with Crippen molar-refractivity contribution in [2.24, 2.45) is 17.3 Å². The number of amides is 6. The van der Waals surface area contributed by atoms with Gasteiger partial charge in [0.05, 0.1) is 5.41 Å². The van der Waals surface area contributed by atoms with Crippen molar-refractivity contribution in [3.8, 4) is 0 Å². The van der Waals surface area contributed by atoms with Gasteiger partial charge in [0, 0.05) is 66.6 Å². The number of hydrogen-bond donors (Lipinski definition) is 4. The number of likely N-dealkylation sites (tertiary alicyclic amines) is 2. The summed E-state index contributed by atoms with van der Waals surface area (Å²) < 4.78 is 0. The van der Waals surface area contributed by atoms with Gasteiger partial charge in [-0.15, -0.1) is 0 Å². The highest BCUT2D eigenvalue weighted by Gasteiger charge is 2.68. The minimum atomic E-state index is -1.68. The van der Waals surface area contributed by atoms with Crippen LogP contribution in [0.2, 0.25) is 0 Å². The van der Waals surface area contributed by atoms with Crippen LogP contribution in [0.25, 0.3) is 0 Å². The molecule has 4 aliphatic heterocycles. The molecule has 0 aromatic heterocycles. The third-order valence-electron chi connectivity index (χ3n) is 18.1. The molecule has 14 heteroatoms. The molecule has 8 atom stereocenters. The minimum Gasteiger partial charge on any atom is -0.481 e. The highest BCUT2D eigenvalue weighted by atomic mass is 16.4. The highest BCUT2D eigenvalue weighted by molar-refractivity contribution is 6.08. The van der Waals surface area contributed by atoms with Crippen molar-refractivity contribution >= 4 is 35.8 Å². The summed E-state index contributed by atoms with van der Waals surface area (Å²) in [6, 6.07) is 19.3. The van der Waals surface area contributed by atoms with E-state index in [1.807, 2.05) is 50.2 Å². The molecule has 2 aromatic carbocycles. The lowest BCUT2D eigenvalue weighted by molar-refractivity contribution is -0.159. The van der Waals surface area contributed by atoms with Gasteiger partial charge in [-0.1, -0.05) is 102 Å². The Bertz CT molecular complexity index is 2030. The average Bonchev–Trinajstić information content (AvgIpc) is 3.68. The molecule has 0 saturated carbocycles. The first-order valence-electron chi connectivity index (χ1n) is 24.4. The summed E-state index contributed by atoms with van der Waals surface area (Å²) in [5.74, 6) is -3.78. The van der Waals surface area contributed by atoms with E-state index in [1.54, 1.807) is 0 Å². The van der Waals surface area contributed by atoms with Crippen molar-refractivity contribution in [3.05, 3.63) is 71.8 Å². The zero-order valence-corrected chi connectivity index (χ0v) is 41.2. The quantitative estimate of drug-likeness (QED) is 0.100. The van der Waals surface area contributed by atoms with E-state index < -0.39 is 74.5 Å². The van der Waals surface area contributed by atoms with Crippen LogP contribution in [0.15, 0.2) is 60.7 Å². The minimum absolute atomic E-state index is 0.00573. The van der Waals surface area contributed by atoms with Crippen molar-refractivity contribution in [3.63, 3.8) is 0 Å². The molecule has 66 heavy (non-hydrogen) atoms. The number of carbonyl (C=O) groups is 6. The lowest BCUT2D eigenvalue weighted by Crippen LogP contribution is -2.75. The van der Waals surface area contributed by atoms with Crippen LogP contribution < -0.4 is 10.6 Å². The Labute approximate surface area is 392 Å². The molecule has 14 nitrogen and oxygen atoms in total. The molecule has 8 unspecified atom stereocenters. The summed E-state index contributed by atoms with van der Waals surface area (Å²) in [5, 5.41) is 27.0. The van der Waals surface area contributed by atoms with Crippen LogP contribution in [-0.2, 0) is 32.3 Å². The number of nitrogens with one attached hydrogen (secondary N) is 2.